The second kappa shape index (κ2) is 3.42. The summed E-state index contributed by atoms with van der Waals surface area (Å²) >= 11 is 0. The standard InChI is InChI=1S/C10H17NO2/c1-7-8(13-4)5-6-9(11-7)10(2,3)12/h5-6,9,11-12H,1-4H3. The Bertz CT molecular complexity index is 248. The number of rotatable bonds is 2. The molecular formula is C10H17NO2. The van der Waals surface area contributed by atoms with Crippen LogP contribution in [0.1, 0.15) is 20.8 Å². The Kier molecular flexibility index (Phi) is 2.66. The number of nitrogens with one attached hydrogen (secondary N) is 1. The van der Waals surface area contributed by atoms with E-state index in [-0.39, 0.29) is 6.04 Å². The van der Waals surface area contributed by atoms with Crippen molar-refractivity contribution in [1.82, 2.24) is 5.32 Å². The predicted octanol–water partition coefficient (Wildman–Crippen LogP) is 1.16. The Labute approximate surface area is 79.1 Å². The topological polar surface area (TPSA) is 41.5 Å². The average molecular weight is 183 g/mol. The van der Waals surface area contributed by atoms with Crippen LogP contribution in [0, 0.1) is 0 Å². The fourth-order valence-electron chi connectivity index (χ4n) is 1.29. The van der Waals surface area contributed by atoms with E-state index in [9.17, 15) is 5.11 Å². The van der Waals surface area contributed by atoms with E-state index in [2.05, 4.69) is 5.32 Å². The van der Waals surface area contributed by atoms with Gasteiger partial charge in [-0.05, 0) is 26.8 Å². The van der Waals surface area contributed by atoms with Gasteiger partial charge < -0.3 is 15.2 Å². The minimum atomic E-state index is -0.753. The van der Waals surface area contributed by atoms with Gasteiger partial charge in [-0.15, -0.1) is 0 Å². The largest absolute Gasteiger partial charge is 0.495 e. The van der Waals surface area contributed by atoms with Crippen LogP contribution in [0.4, 0.5) is 0 Å². The minimum Gasteiger partial charge on any atom is -0.495 e. The van der Waals surface area contributed by atoms with Crippen LogP contribution in [-0.4, -0.2) is 23.9 Å². The summed E-state index contributed by atoms with van der Waals surface area (Å²) in [5, 5.41) is 12.9. The van der Waals surface area contributed by atoms with E-state index in [0.717, 1.165) is 11.5 Å². The zero-order valence-corrected chi connectivity index (χ0v) is 8.59. The molecule has 0 fully saturated rings. The van der Waals surface area contributed by atoms with Crippen LogP contribution >= 0.6 is 0 Å². The average Bonchev–Trinajstić information content (AvgIpc) is 2.02. The lowest BCUT2D eigenvalue weighted by molar-refractivity contribution is 0.0561. The van der Waals surface area contributed by atoms with Gasteiger partial charge in [0, 0.05) is 0 Å². The number of allylic oxidation sites excluding steroid dienone is 2. The monoisotopic (exact) mass is 183 g/mol. The molecule has 0 saturated heterocycles. The highest BCUT2D eigenvalue weighted by atomic mass is 16.5. The Morgan fingerprint density at radius 3 is 2.54 bits per heavy atom. The van der Waals surface area contributed by atoms with Gasteiger partial charge in [-0.25, -0.2) is 0 Å². The van der Waals surface area contributed by atoms with Crippen LogP contribution in [0.25, 0.3) is 0 Å². The van der Waals surface area contributed by atoms with Gasteiger partial charge in [-0.1, -0.05) is 6.08 Å². The molecule has 0 amide bonds. The molecule has 0 aromatic rings. The third-order valence-electron chi connectivity index (χ3n) is 2.16. The first-order valence-corrected chi connectivity index (χ1v) is 4.37. The molecule has 1 atom stereocenters. The zero-order chi connectivity index (χ0) is 10.1. The van der Waals surface area contributed by atoms with Crippen LogP contribution in [0.3, 0.4) is 0 Å². The van der Waals surface area contributed by atoms with Gasteiger partial charge in [0.2, 0.25) is 0 Å². The molecule has 0 aliphatic carbocycles. The second-order valence-corrected chi connectivity index (χ2v) is 3.83. The molecule has 1 aliphatic heterocycles. The summed E-state index contributed by atoms with van der Waals surface area (Å²) in [7, 11) is 1.63. The molecule has 1 unspecified atom stereocenters. The van der Waals surface area contributed by atoms with Gasteiger partial charge in [-0.3, -0.25) is 0 Å². The van der Waals surface area contributed by atoms with Crippen molar-refractivity contribution in [1.29, 1.82) is 0 Å². The fourth-order valence-corrected chi connectivity index (χ4v) is 1.29. The number of aliphatic hydroxyl groups is 1. The number of hydrogen-bond acceptors (Lipinski definition) is 3. The molecule has 74 valence electrons. The van der Waals surface area contributed by atoms with E-state index in [1.54, 1.807) is 21.0 Å². The number of methoxy groups -OCH3 is 1. The first-order valence-electron chi connectivity index (χ1n) is 4.37. The molecule has 1 aliphatic rings. The van der Waals surface area contributed by atoms with Crippen molar-refractivity contribution in [2.24, 2.45) is 0 Å². The minimum absolute atomic E-state index is 0.0496. The number of dihydropyridines is 1. The van der Waals surface area contributed by atoms with E-state index in [0.29, 0.717) is 0 Å². The van der Waals surface area contributed by atoms with Crippen molar-refractivity contribution in [2.45, 2.75) is 32.4 Å². The summed E-state index contributed by atoms with van der Waals surface area (Å²) in [4.78, 5) is 0. The molecule has 13 heavy (non-hydrogen) atoms. The van der Waals surface area contributed by atoms with E-state index < -0.39 is 5.60 Å². The summed E-state index contributed by atoms with van der Waals surface area (Å²) in [6.45, 7) is 5.49. The molecule has 3 heteroatoms. The molecule has 2 N–H and O–H groups in total. The van der Waals surface area contributed by atoms with Gasteiger partial charge in [-0.2, -0.15) is 0 Å². The molecular weight excluding hydrogens is 166 g/mol. The highest BCUT2D eigenvalue weighted by molar-refractivity contribution is 5.26. The van der Waals surface area contributed by atoms with Crippen LogP contribution in [0.2, 0.25) is 0 Å². The van der Waals surface area contributed by atoms with Crippen LogP contribution in [-0.2, 0) is 4.74 Å². The van der Waals surface area contributed by atoms with Gasteiger partial charge in [0.25, 0.3) is 0 Å². The third kappa shape index (κ3) is 2.25. The molecule has 1 rings (SSSR count). The lowest BCUT2D eigenvalue weighted by Crippen LogP contribution is -2.46. The number of ether oxygens (including phenoxy) is 1. The van der Waals surface area contributed by atoms with Gasteiger partial charge in [0.1, 0.15) is 5.76 Å². The molecule has 1 heterocycles. The van der Waals surface area contributed by atoms with Crippen molar-refractivity contribution in [3.63, 3.8) is 0 Å². The highest BCUT2D eigenvalue weighted by Gasteiger charge is 2.26. The molecule has 0 aromatic heterocycles. The van der Waals surface area contributed by atoms with E-state index in [4.69, 9.17) is 4.74 Å². The van der Waals surface area contributed by atoms with Gasteiger partial charge >= 0.3 is 0 Å². The van der Waals surface area contributed by atoms with Crippen LogP contribution in [0.5, 0.6) is 0 Å². The van der Waals surface area contributed by atoms with Crippen LogP contribution in [0.15, 0.2) is 23.6 Å². The Morgan fingerprint density at radius 2 is 2.15 bits per heavy atom. The summed E-state index contributed by atoms with van der Waals surface area (Å²) < 4.78 is 5.11. The predicted molar refractivity (Wildman–Crippen MR) is 52.1 cm³/mol. The van der Waals surface area contributed by atoms with Crippen LogP contribution < -0.4 is 5.32 Å². The van der Waals surface area contributed by atoms with Crippen molar-refractivity contribution < 1.29 is 9.84 Å². The molecule has 0 radical (unpaired) electrons. The van der Waals surface area contributed by atoms with E-state index in [1.165, 1.54) is 0 Å². The molecule has 3 nitrogen and oxygen atoms in total. The van der Waals surface area contributed by atoms with E-state index in [1.807, 2.05) is 19.1 Å². The van der Waals surface area contributed by atoms with Crippen molar-refractivity contribution in [2.75, 3.05) is 7.11 Å². The van der Waals surface area contributed by atoms with Crippen molar-refractivity contribution in [3.05, 3.63) is 23.6 Å². The molecule has 0 aromatic carbocycles. The van der Waals surface area contributed by atoms with Gasteiger partial charge in [0.15, 0.2) is 0 Å². The van der Waals surface area contributed by atoms with Gasteiger partial charge in [0.05, 0.1) is 24.4 Å². The first-order chi connectivity index (χ1) is 5.95. The molecule has 0 bridgehead atoms. The summed E-state index contributed by atoms with van der Waals surface area (Å²) in [5.41, 5.74) is 0.203. The van der Waals surface area contributed by atoms with Crippen molar-refractivity contribution in [3.8, 4) is 0 Å². The quantitative estimate of drug-likeness (QED) is 0.675. The summed E-state index contributed by atoms with van der Waals surface area (Å²) in [6, 6.07) is -0.0496. The Balaban J connectivity index is 2.76. The molecule has 0 saturated carbocycles. The summed E-state index contributed by atoms with van der Waals surface area (Å²) in [5.74, 6) is 0.820. The molecule has 0 spiro atoms. The lowest BCUT2D eigenvalue weighted by Gasteiger charge is -2.31. The first kappa shape index (κ1) is 10.1. The Hall–Kier alpha value is -0.960. The number of hydrogen-bond donors (Lipinski definition) is 2. The highest BCUT2D eigenvalue weighted by Crippen LogP contribution is 2.18. The fraction of sp³-hybridized carbons (Fsp3) is 0.600. The maximum atomic E-state index is 9.74. The summed E-state index contributed by atoms with van der Waals surface area (Å²) in [6.07, 6.45) is 3.79. The SMILES string of the molecule is COC1=C(C)NC(C(C)(C)O)C=C1. The normalized spacial score (nSPS) is 23.0. The van der Waals surface area contributed by atoms with E-state index >= 15 is 0 Å². The maximum absolute atomic E-state index is 9.74. The third-order valence-corrected chi connectivity index (χ3v) is 2.16. The zero-order valence-electron chi connectivity index (χ0n) is 8.59. The Morgan fingerprint density at radius 1 is 1.54 bits per heavy atom. The van der Waals surface area contributed by atoms with Crippen molar-refractivity contribution >= 4 is 0 Å². The lowest BCUT2D eigenvalue weighted by atomic mass is 9.96. The maximum Gasteiger partial charge on any atom is 0.137 e. The smallest absolute Gasteiger partial charge is 0.137 e. The second-order valence-electron chi connectivity index (χ2n) is 3.83.